The smallest absolute Gasteiger partial charge is 0.0420 e. The monoisotopic (exact) mass is 235 g/mol. The topological polar surface area (TPSA) is 26.0 Å². The normalized spacial score (nSPS) is 19.7. The molecule has 88 valence electrons. The van der Waals surface area contributed by atoms with Crippen LogP contribution in [0.2, 0.25) is 0 Å². The molecule has 16 heavy (non-hydrogen) atoms. The molecule has 0 heterocycles. The molecule has 1 fully saturated rings. The highest BCUT2D eigenvalue weighted by molar-refractivity contribution is 7.98. The highest BCUT2D eigenvalue weighted by Crippen LogP contribution is 2.39. The second-order valence-electron chi connectivity index (χ2n) is 4.92. The van der Waals surface area contributed by atoms with Crippen LogP contribution in [0.5, 0.6) is 0 Å². The van der Waals surface area contributed by atoms with Crippen molar-refractivity contribution in [1.29, 1.82) is 0 Å². The summed E-state index contributed by atoms with van der Waals surface area (Å²) < 4.78 is 0. The lowest BCUT2D eigenvalue weighted by atomic mass is 9.77. The number of aryl methyl sites for hydroxylation is 1. The summed E-state index contributed by atoms with van der Waals surface area (Å²) in [5, 5.41) is 0. The number of hydrogen-bond donors (Lipinski definition) is 1. The molecule has 2 rings (SSSR count). The molecular formula is C14H21NS. The van der Waals surface area contributed by atoms with Crippen molar-refractivity contribution in [2.75, 3.05) is 6.26 Å². The molecule has 0 spiro atoms. The third-order valence-corrected chi connectivity index (χ3v) is 4.42. The predicted molar refractivity (Wildman–Crippen MR) is 71.9 cm³/mol. The first-order chi connectivity index (χ1) is 7.65. The Morgan fingerprint density at radius 3 is 2.50 bits per heavy atom. The van der Waals surface area contributed by atoms with Gasteiger partial charge < -0.3 is 5.73 Å². The van der Waals surface area contributed by atoms with Crippen molar-refractivity contribution >= 4 is 11.8 Å². The first kappa shape index (κ1) is 12.0. The maximum Gasteiger partial charge on any atom is 0.0420 e. The molecule has 0 unspecified atom stereocenters. The number of benzene rings is 1. The van der Waals surface area contributed by atoms with E-state index in [9.17, 15) is 0 Å². The van der Waals surface area contributed by atoms with Crippen molar-refractivity contribution in [2.45, 2.75) is 49.5 Å². The lowest BCUT2D eigenvalue weighted by Crippen LogP contribution is -2.39. The summed E-state index contributed by atoms with van der Waals surface area (Å²) in [7, 11) is 0. The molecule has 1 nitrogen and oxygen atoms in total. The lowest BCUT2D eigenvalue weighted by Gasteiger charge is -2.35. The van der Waals surface area contributed by atoms with E-state index in [0.717, 1.165) is 12.8 Å². The maximum absolute atomic E-state index is 6.59. The zero-order valence-electron chi connectivity index (χ0n) is 10.3. The molecule has 1 aliphatic carbocycles. The van der Waals surface area contributed by atoms with Crippen LogP contribution in [-0.4, -0.2) is 6.26 Å². The average Bonchev–Trinajstić information content (AvgIpc) is 2.29. The molecule has 0 amide bonds. The van der Waals surface area contributed by atoms with Crippen LogP contribution >= 0.6 is 11.8 Å². The van der Waals surface area contributed by atoms with E-state index in [-0.39, 0.29) is 5.54 Å². The summed E-state index contributed by atoms with van der Waals surface area (Å²) in [5.41, 5.74) is 9.22. The van der Waals surface area contributed by atoms with Crippen LogP contribution in [0.1, 0.15) is 43.2 Å². The molecule has 0 radical (unpaired) electrons. The van der Waals surface area contributed by atoms with Gasteiger partial charge in [0.2, 0.25) is 0 Å². The van der Waals surface area contributed by atoms with E-state index in [1.165, 1.54) is 35.3 Å². The fourth-order valence-electron chi connectivity index (χ4n) is 2.66. The van der Waals surface area contributed by atoms with Gasteiger partial charge in [0.1, 0.15) is 0 Å². The maximum atomic E-state index is 6.59. The van der Waals surface area contributed by atoms with Crippen LogP contribution in [-0.2, 0) is 5.54 Å². The van der Waals surface area contributed by atoms with Crippen LogP contribution in [0.15, 0.2) is 23.1 Å². The second kappa shape index (κ2) is 4.80. The molecule has 0 aliphatic heterocycles. The Morgan fingerprint density at radius 1 is 1.19 bits per heavy atom. The highest BCUT2D eigenvalue weighted by atomic mass is 32.2. The van der Waals surface area contributed by atoms with Crippen LogP contribution < -0.4 is 5.73 Å². The largest absolute Gasteiger partial charge is 0.321 e. The van der Waals surface area contributed by atoms with Crippen molar-refractivity contribution in [3.8, 4) is 0 Å². The minimum Gasteiger partial charge on any atom is -0.321 e. The SMILES string of the molecule is CSc1cc(C)ccc1C1(N)CCCCC1. The Kier molecular flexibility index (Phi) is 3.60. The molecule has 0 atom stereocenters. The highest BCUT2D eigenvalue weighted by Gasteiger charge is 2.31. The fourth-order valence-corrected chi connectivity index (χ4v) is 3.46. The fraction of sp³-hybridized carbons (Fsp3) is 0.571. The Bertz CT molecular complexity index is 367. The van der Waals surface area contributed by atoms with E-state index in [2.05, 4.69) is 31.4 Å². The molecule has 2 N–H and O–H groups in total. The number of rotatable bonds is 2. The van der Waals surface area contributed by atoms with Gasteiger partial charge in [0.25, 0.3) is 0 Å². The van der Waals surface area contributed by atoms with E-state index in [0.29, 0.717) is 0 Å². The van der Waals surface area contributed by atoms with Gasteiger partial charge in [0.05, 0.1) is 0 Å². The standard InChI is InChI=1S/C14H21NS/c1-11-6-7-12(13(10-11)16-2)14(15)8-4-3-5-9-14/h6-7,10H,3-5,8-9,15H2,1-2H3. The number of hydrogen-bond acceptors (Lipinski definition) is 2. The van der Waals surface area contributed by atoms with E-state index in [1.807, 2.05) is 11.8 Å². The van der Waals surface area contributed by atoms with Crippen LogP contribution in [0.25, 0.3) is 0 Å². The molecule has 1 saturated carbocycles. The number of nitrogens with two attached hydrogens (primary N) is 1. The Hall–Kier alpha value is -0.470. The van der Waals surface area contributed by atoms with Crippen molar-refractivity contribution in [2.24, 2.45) is 5.73 Å². The minimum atomic E-state index is -0.0652. The molecule has 1 aromatic carbocycles. The predicted octanol–water partition coefficient (Wildman–Crippen LogP) is 3.84. The summed E-state index contributed by atoms with van der Waals surface area (Å²) in [5.74, 6) is 0. The van der Waals surface area contributed by atoms with E-state index in [4.69, 9.17) is 5.73 Å². The third-order valence-electron chi connectivity index (χ3n) is 3.64. The van der Waals surface area contributed by atoms with Gasteiger partial charge in [-0.25, -0.2) is 0 Å². The third kappa shape index (κ3) is 2.28. The zero-order valence-corrected chi connectivity index (χ0v) is 11.1. The molecule has 0 aromatic heterocycles. The summed E-state index contributed by atoms with van der Waals surface area (Å²) in [6.07, 6.45) is 8.33. The molecular weight excluding hydrogens is 214 g/mol. The van der Waals surface area contributed by atoms with Crippen molar-refractivity contribution < 1.29 is 0 Å². The molecule has 0 saturated heterocycles. The van der Waals surface area contributed by atoms with Gasteiger partial charge in [0.15, 0.2) is 0 Å². The number of thioether (sulfide) groups is 1. The first-order valence-corrected chi connectivity index (χ1v) is 7.32. The average molecular weight is 235 g/mol. The van der Waals surface area contributed by atoms with Crippen molar-refractivity contribution in [1.82, 2.24) is 0 Å². The lowest BCUT2D eigenvalue weighted by molar-refractivity contribution is 0.298. The van der Waals surface area contributed by atoms with Crippen LogP contribution in [0.3, 0.4) is 0 Å². The summed E-state index contributed by atoms with van der Waals surface area (Å²) in [6.45, 7) is 2.15. The molecule has 1 aromatic rings. The summed E-state index contributed by atoms with van der Waals surface area (Å²) in [6, 6.07) is 6.70. The first-order valence-electron chi connectivity index (χ1n) is 6.10. The van der Waals surface area contributed by atoms with Crippen molar-refractivity contribution in [3.05, 3.63) is 29.3 Å². The second-order valence-corrected chi connectivity index (χ2v) is 5.77. The van der Waals surface area contributed by atoms with Crippen LogP contribution in [0.4, 0.5) is 0 Å². The zero-order chi connectivity index (χ0) is 11.6. The van der Waals surface area contributed by atoms with Crippen molar-refractivity contribution in [3.63, 3.8) is 0 Å². The summed E-state index contributed by atoms with van der Waals surface area (Å²) >= 11 is 1.82. The Morgan fingerprint density at radius 2 is 1.88 bits per heavy atom. The van der Waals surface area contributed by atoms with Gasteiger partial charge in [-0.1, -0.05) is 31.4 Å². The Labute approximate surface area is 103 Å². The van der Waals surface area contributed by atoms with Gasteiger partial charge in [-0.05, 0) is 43.2 Å². The molecule has 2 heteroatoms. The van der Waals surface area contributed by atoms with Gasteiger partial charge in [-0.2, -0.15) is 0 Å². The van der Waals surface area contributed by atoms with Gasteiger partial charge in [0, 0.05) is 10.4 Å². The van der Waals surface area contributed by atoms with E-state index >= 15 is 0 Å². The van der Waals surface area contributed by atoms with Gasteiger partial charge in [-0.3, -0.25) is 0 Å². The minimum absolute atomic E-state index is 0.0652. The van der Waals surface area contributed by atoms with Crippen LogP contribution in [0, 0.1) is 6.92 Å². The summed E-state index contributed by atoms with van der Waals surface area (Å²) in [4.78, 5) is 1.37. The van der Waals surface area contributed by atoms with Gasteiger partial charge >= 0.3 is 0 Å². The molecule has 1 aliphatic rings. The quantitative estimate of drug-likeness (QED) is 0.788. The van der Waals surface area contributed by atoms with Gasteiger partial charge in [-0.15, -0.1) is 11.8 Å². The molecule has 0 bridgehead atoms. The Balaban J connectivity index is 2.37. The van der Waals surface area contributed by atoms with E-state index in [1.54, 1.807) is 0 Å². The van der Waals surface area contributed by atoms with E-state index < -0.39 is 0 Å².